The minimum atomic E-state index is -1.59. The predicted octanol–water partition coefficient (Wildman–Crippen LogP) is 2.41. The van der Waals surface area contributed by atoms with Gasteiger partial charge in [-0.3, -0.25) is 24.0 Å². The average molecular weight is 727 g/mol. The molecule has 14 heteroatoms. The molecule has 0 unspecified atom stereocenters. The van der Waals surface area contributed by atoms with Gasteiger partial charge in [0.15, 0.2) is 11.7 Å². The van der Waals surface area contributed by atoms with Crippen molar-refractivity contribution in [1.82, 2.24) is 0 Å². The average Bonchev–Trinajstić information content (AvgIpc) is 3.57. The van der Waals surface area contributed by atoms with Crippen LogP contribution in [0.2, 0.25) is 0 Å². The van der Waals surface area contributed by atoms with Crippen LogP contribution in [0.4, 0.5) is 0 Å². The SMILES string of the molecule is CC(=O)O[C@H]1CC[C@]2(CI)O[C@]3([C@@H](C)C(=O)O[C@H]3[C@H]2Cl)[C@@H](OC(C)=O)[C@H]2[C@@]3(CO3)[C@H](OC(C)=O)C[C@H](OC(C)=O)[C@]12C. The molecular formula is C28H36ClIO12. The van der Waals surface area contributed by atoms with Gasteiger partial charge in [0.25, 0.3) is 0 Å². The van der Waals surface area contributed by atoms with Crippen molar-refractivity contribution in [1.29, 1.82) is 0 Å². The molecule has 5 fully saturated rings. The second-order valence-electron chi connectivity index (χ2n) is 12.3. The monoisotopic (exact) mass is 726 g/mol. The second-order valence-corrected chi connectivity index (χ2v) is 13.6. The fourth-order valence-corrected chi connectivity index (χ4v) is 9.85. The first-order valence-corrected chi connectivity index (χ1v) is 16.0. The Labute approximate surface area is 262 Å². The van der Waals surface area contributed by atoms with Crippen LogP contribution in [-0.4, -0.2) is 93.6 Å². The number of hydrogen-bond donors (Lipinski definition) is 0. The molecule has 1 saturated carbocycles. The lowest BCUT2D eigenvalue weighted by molar-refractivity contribution is -0.258. The summed E-state index contributed by atoms with van der Waals surface area (Å²) in [6.07, 6.45) is -4.56. The van der Waals surface area contributed by atoms with Crippen LogP contribution in [0.3, 0.4) is 0 Å². The normalized spacial score (nSPS) is 47.1. The molecule has 4 aliphatic heterocycles. The molecule has 2 bridgehead atoms. The van der Waals surface area contributed by atoms with Crippen LogP contribution < -0.4 is 0 Å². The van der Waals surface area contributed by atoms with Gasteiger partial charge in [0, 0.05) is 44.5 Å². The van der Waals surface area contributed by atoms with Gasteiger partial charge in [-0.2, -0.15) is 0 Å². The highest BCUT2D eigenvalue weighted by Gasteiger charge is 2.82. The van der Waals surface area contributed by atoms with Crippen LogP contribution in [-0.2, 0) is 57.1 Å². The molecule has 4 heterocycles. The summed E-state index contributed by atoms with van der Waals surface area (Å²) in [6, 6.07) is 0. The predicted molar refractivity (Wildman–Crippen MR) is 150 cm³/mol. The zero-order chi connectivity index (χ0) is 31.0. The van der Waals surface area contributed by atoms with Crippen LogP contribution >= 0.6 is 34.2 Å². The Morgan fingerprint density at radius 3 is 2.02 bits per heavy atom. The van der Waals surface area contributed by atoms with Crippen LogP contribution in [0.15, 0.2) is 0 Å². The molecule has 5 aliphatic rings. The third-order valence-corrected chi connectivity index (χ3v) is 11.8. The maximum absolute atomic E-state index is 13.2. The maximum Gasteiger partial charge on any atom is 0.312 e. The highest BCUT2D eigenvalue weighted by atomic mass is 127. The topological polar surface area (TPSA) is 153 Å². The smallest absolute Gasteiger partial charge is 0.312 e. The van der Waals surface area contributed by atoms with Gasteiger partial charge >= 0.3 is 29.8 Å². The lowest BCUT2D eigenvalue weighted by atomic mass is 9.52. The van der Waals surface area contributed by atoms with Crippen LogP contribution in [0, 0.1) is 17.3 Å². The molecule has 12 nitrogen and oxygen atoms in total. The number of alkyl halides is 2. The van der Waals surface area contributed by atoms with Crippen LogP contribution in [0.5, 0.6) is 0 Å². The summed E-state index contributed by atoms with van der Waals surface area (Å²) in [4.78, 5) is 63.6. The number of ether oxygens (including phenoxy) is 7. The van der Waals surface area contributed by atoms with Crippen molar-refractivity contribution in [3.8, 4) is 0 Å². The Balaban J connectivity index is 1.83. The number of rotatable bonds is 5. The fraction of sp³-hybridized carbons (Fsp3) is 0.821. The van der Waals surface area contributed by atoms with E-state index in [1.165, 1.54) is 27.7 Å². The standard InChI is InChI=1S/C28H36ClIO12/c1-12-24(35)41-23-21(29)26(10-30)8-7-17(37-13(2)31)25(6)18(38-14(3)32)9-19(39-15(4)33)27(11-36-27)20(25)22(40-16(5)34)28(12,23)42-26/h12,17-23H,7-11H2,1-6H3/t12-,17-,18-,19+,20+,21+,22-,23-,25-,26+,27+,28+/m0/s1. The zero-order valence-electron chi connectivity index (χ0n) is 24.3. The van der Waals surface area contributed by atoms with Crippen LogP contribution in [0.25, 0.3) is 0 Å². The number of halogens is 2. The van der Waals surface area contributed by atoms with E-state index in [9.17, 15) is 24.0 Å². The summed E-state index contributed by atoms with van der Waals surface area (Å²) in [5.41, 5.74) is -5.19. The molecule has 0 N–H and O–H groups in total. The van der Waals surface area contributed by atoms with E-state index in [-0.39, 0.29) is 25.9 Å². The summed E-state index contributed by atoms with van der Waals surface area (Å²) in [5.74, 6) is -4.94. The fourth-order valence-electron chi connectivity index (χ4n) is 8.10. The largest absolute Gasteiger partial charge is 0.462 e. The van der Waals surface area contributed by atoms with Gasteiger partial charge in [-0.25, -0.2) is 0 Å². The highest BCUT2D eigenvalue weighted by Crippen LogP contribution is 2.66. The van der Waals surface area contributed by atoms with Crippen molar-refractivity contribution < 1.29 is 57.1 Å². The van der Waals surface area contributed by atoms with Crippen LogP contribution in [0.1, 0.15) is 60.8 Å². The van der Waals surface area contributed by atoms with Crippen molar-refractivity contribution in [3.63, 3.8) is 0 Å². The Morgan fingerprint density at radius 1 is 0.952 bits per heavy atom. The quantitative estimate of drug-likeness (QED) is 0.135. The number of carbonyl (C=O) groups is 5. The minimum absolute atomic E-state index is 0.0363. The molecule has 0 aromatic carbocycles. The minimum Gasteiger partial charge on any atom is -0.462 e. The van der Waals surface area contributed by atoms with Crippen molar-refractivity contribution in [3.05, 3.63) is 0 Å². The Morgan fingerprint density at radius 2 is 1.50 bits per heavy atom. The molecule has 5 rings (SSSR count). The summed E-state index contributed by atoms with van der Waals surface area (Å²) < 4.78 is 43.3. The van der Waals surface area contributed by atoms with E-state index in [0.29, 0.717) is 4.43 Å². The molecule has 42 heavy (non-hydrogen) atoms. The van der Waals surface area contributed by atoms with Crippen molar-refractivity contribution in [2.75, 3.05) is 11.0 Å². The lowest BCUT2D eigenvalue weighted by Crippen LogP contribution is -2.71. The van der Waals surface area contributed by atoms with E-state index < -0.39 is 99.8 Å². The van der Waals surface area contributed by atoms with E-state index in [1.54, 1.807) is 13.8 Å². The van der Waals surface area contributed by atoms with Gasteiger partial charge in [-0.15, -0.1) is 11.6 Å². The van der Waals surface area contributed by atoms with Gasteiger partial charge in [-0.1, -0.05) is 29.5 Å². The second kappa shape index (κ2) is 10.7. The number of fused-ring (bicyclic) bond motifs is 3. The first kappa shape index (κ1) is 31.7. The van der Waals surface area contributed by atoms with E-state index in [0.717, 1.165) is 0 Å². The van der Waals surface area contributed by atoms with Gasteiger partial charge in [0.2, 0.25) is 0 Å². The third-order valence-electron chi connectivity index (χ3n) is 9.92. The highest BCUT2D eigenvalue weighted by molar-refractivity contribution is 14.1. The summed E-state index contributed by atoms with van der Waals surface area (Å²) in [7, 11) is 0. The molecule has 234 valence electrons. The molecule has 1 aliphatic carbocycles. The number of carbonyl (C=O) groups excluding carboxylic acids is 5. The number of esters is 5. The molecule has 2 spiro atoms. The molecule has 0 aromatic rings. The molecule has 0 radical (unpaired) electrons. The molecular weight excluding hydrogens is 691 g/mol. The van der Waals surface area contributed by atoms with Gasteiger partial charge in [0.1, 0.15) is 35.4 Å². The summed E-state index contributed by atoms with van der Waals surface area (Å²) >= 11 is 9.28. The van der Waals surface area contributed by atoms with Gasteiger partial charge in [-0.05, 0) is 19.8 Å². The molecule has 0 amide bonds. The Kier molecular flexibility index (Phi) is 8.10. The zero-order valence-corrected chi connectivity index (χ0v) is 27.2. The maximum atomic E-state index is 13.2. The van der Waals surface area contributed by atoms with E-state index in [1.807, 2.05) is 0 Å². The molecule has 0 aromatic heterocycles. The van der Waals surface area contributed by atoms with Crippen molar-refractivity contribution in [2.45, 2.75) is 114 Å². The number of epoxide rings is 1. The first-order chi connectivity index (χ1) is 19.6. The lowest BCUT2D eigenvalue weighted by Gasteiger charge is -2.57. The van der Waals surface area contributed by atoms with Crippen molar-refractivity contribution in [2.24, 2.45) is 17.3 Å². The summed E-state index contributed by atoms with van der Waals surface area (Å²) in [6.45, 7) is 8.55. The van der Waals surface area contributed by atoms with Gasteiger partial charge in [0.05, 0.1) is 23.5 Å². The first-order valence-electron chi connectivity index (χ1n) is 14.0. The van der Waals surface area contributed by atoms with E-state index >= 15 is 0 Å². The Bertz CT molecular complexity index is 1190. The molecule has 12 atom stereocenters. The molecule has 4 saturated heterocycles. The van der Waals surface area contributed by atoms with E-state index in [2.05, 4.69) is 22.6 Å². The number of hydrogen-bond acceptors (Lipinski definition) is 12. The third kappa shape index (κ3) is 4.54. The van der Waals surface area contributed by atoms with Crippen molar-refractivity contribution >= 4 is 64.0 Å². The van der Waals surface area contributed by atoms with Gasteiger partial charge < -0.3 is 33.2 Å². The summed E-state index contributed by atoms with van der Waals surface area (Å²) in [5, 5.41) is -0.836. The Hall–Kier alpha value is -1.71. The van der Waals surface area contributed by atoms with E-state index in [4.69, 9.17) is 44.8 Å².